The number of unbranched alkanes of at least 4 members (excludes halogenated alkanes) is 1. The van der Waals surface area contributed by atoms with Gasteiger partial charge in [-0.1, -0.05) is 22.4 Å². The quantitative estimate of drug-likeness (QED) is 0.544. The summed E-state index contributed by atoms with van der Waals surface area (Å²) < 4.78 is 0. The lowest BCUT2D eigenvalue weighted by Crippen LogP contribution is -2.22. The standard InChI is InChI=1S/C11H20BrN/c12-6-1-2-7-13-8-10-4-3-5-11(10)9-13/h10-11H,1-9H2. The molecule has 0 amide bonds. The van der Waals surface area contributed by atoms with Crippen LogP contribution in [0.2, 0.25) is 0 Å². The molecule has 1 heterocycles. The average Bonchev–Trinajstić information content (AvgIpc) is 2.64. The van der Waals surface area contributed by atoms with E-state index in [0.29, 0.717) is 0 Å². The second-order valence-corrected chi connectivity index (χ2v) is 5.40. The van der Waals surface area contributed by atoms with E-state index in [1.165, 1.54) is 57.1 Å². The van der Waals surface area contributed by atoms with Crippen molar-refractivity contribution in [2.75, 3.05) is 25.0 Å². The molecule has 2 aliphatic rings. The Labute approximate surface area is 90.0 Å². The van der Waals surface area contributed by atoms with Crippen molar-refractivity contribution in [2.24, 2.45) is 11.8 Å². The predicted molar refractivity (Wildman–Crippen MR) is 60.3 cm³/mol. The second kappa shape index (κ2) is 4.79. The van der Waals surface area contributed by atoms with Crippen LogP contribution in [0.5, 0.6) is 0 Å². The lowest BCUT2D eigenvalue weighted by molar-refractivity contribution is 0.306. The van der Waals surface area contributed by atoms with Crippen molar-refractivity contribution >= 4 is 15.9 Å². The van der Waals surface area contributed by atoms with Crippen LogP contribution < -0.4 is 0 Å². The summed E-state index contributed by atoms with van der Waals surface area (Å²) in [5.74, 6) is 2.15. The van der Waals surface area contributed by atoms with Gasteiger partial charge in [0.2, 0.25) is 0 Å². The molecule has 0 N–H and O–H groups in total. The van der Waals surface area contributed by atoms with Gasteiger partial charge in [0.05, 0.1) is 0 Å². The van der Waals surface area contributed by atoms with Crippen molar-refractivity contribution in [3.63, 3.8) is 0 Å². The molecule has 1 aliphatic heterocycles. The maximum atomic E-state index is 3.49. The zero-order chi connectivity index (χ0) is 9.10. The van der Waals surface area contributed by atoms with Crippen molar-refractivity contribution in [2.45, 2.75) is 32.1 Å². The lowest BCUT2D eigenvalue weighted by atomic mass is 10.0. The summed E-state index contributed by atoms with van der Waals surface area (Å²) in [6.45, 7) is 4.17. The van der Waals surface area contributed by atoms with Crippen molar-refractivity contribution in [1.82, 2.24) is 4.90 Å². The van der Waals surface area contributed by atoms with Gasteiger partial charge < -0.3 is 4.90 Å². The van der Waals surface area contributed by atoms with E-state index in [1.54, 1.807) is 0 Å². The van der Waals surface area contributed by atoms with Crippen LogP contribution in [-0.2, 0) is 0 Å². The minimum absolute atomic E-state index is 1.07. The normalized spacial score (nSPS) is 33.9. The maximum absolute atomic E-state index is 3.49. The average molecular weight is 246 g/mol. The summed E-state index contributed by atoms with van der Waals surface area (Å²) in [6.07, 6.45) is 7.25. The molecule has 13 heavy (non-hydrogen) atoms. The van der Waals surface area contributed by atoms with Gasteiger partial charge in [0.15, 0.2) is 0 Å². The molecule has 0 aromatic carbocycles. The van der Waals surface area contributed by atoms with Gasteiger partial charge in [-0.05, 0) is 44.1 Å². The summed E-state index contributed by atoms with van der Waals surface area (Å²) in [5, 5.41) is 1.17. The van der Waals surface area contributed by atoms with Crippen LogP contribution in [0, 0.1) is 11.8 Å². The van der Waals surface area contributed by atoms with E-state index in [2.05, 4.69) is 20.8 Å². The van der Waals surface area contributed by atoms with E-state index in [4.69, 9.17) is 0 Å². The van der Waals surface area contributed by atoms with Gasteiger partial charge in [0.25, 0.3) is 0 Å². The second-order valence-electron chi connectivity index (χ2n) is 4.61. The van der Waals surface area contributed by atoms with E-state index in [-0.39, 0.29) is 0 Å². The largest absolute Gasteiger partial charge is 0.303 e. The highest BCUT2D eigenvalue weighted by atomic mass is 79.9. The van der Waals surface area contributed by atoms with Crippen LogP contribution in [-0.4, -0.2) is 29.9 Å². The molecular formula is C11H20BrN. The Morgan fingerprint density at radius 2 is 1.77 bits per heavy atom. The number of alkyl halides is 1. The summed E-state index contributed by atoms with van der Waals surface area (Å²) in [4.78, 5) is 2.69. The molecule has 0 spiro atoms. The zero-order valence-corrected chi connectivity index (χ0v) is 9.93. The summed E-state index contributed by atoms with van der Waals surface area (Å²) >= 11 is 3.49. The van der Waals surface area contributed by atoms with Gasteiger partial charge in [-0.2, -0.15) is 0 Å². The first kappa shape index (κ1) is 9.97. The summed E-state index contributed by atoms with van der Waals surface area (Å²) in [7, 11) is 0. The van der Waals surface area contributed by atoms with E-state index in [9.17, 15) is 0 Å². The fourth-order valence-corrected chi connectivity index (χ4v) is 3.34. The topological polar surface area (TPSA) is 3.24 Å². The minimum Gasteiger partial charge on any atom is -0.303 e. The molecule has 2 atom stereocenters. The third kappa shape index (κ3) is 2.47. The number of hydrogen-bond acceptors (Lipinski definition) is 1. The molecule has 1 saturated heterocycles. The molecule has 0 radical (unpaired) electrons. The molecule has 2 fully saturated rings. The van der Waals surface area contributed by atoms with Crippen molar-refractivity contribution in [3.8, 4) is 0 Å². The number of fused-ring (bicyclic) bond motifs is 1. The van der Waals surface area contributed by atoms with Crippen molar-refractivity contribution < 1.29 is 0 Å². The third-order valence-electron chi connectivity index (χ3n) is 3.66. The van der Waals surface area contributed by atoms with Crippen molar-refractivity contribution in [3.05, 3.63) is 0 Å². The first-order chi connectivity index (χ1) is 6.40. The Morgan fingerprint density at radius 1 is 1.08 bits per heavy atom. The fourth-order valence-electron chi connectivity index (χ4n) is 2.94. The minimum atomic E-state index is 1.07. The van der Waals surface area contributed by atoms with Gasteiger partial charge >= 0.3 is 0 Å². The molecule has 0 aromatic heterocycles. The Balaban J connectivity index is 1.67. The molecule has 0 aromatic rings. The van der Waals surface area contributed by atoms with Gasteiger partial charge in [0.1, 0.15) is 0 Å². The first-order valence-corrected chi connectivity index (χ1v) is 6.80. The van der Waals surface area contributed by atoms with E-state index >= 15 is 0 Å². The van der Waals surface area contributed by atoms with Crippen LogP contribution in [0.4, 0.5) is 0 Å². The van der Waals surface area contributed by atoms with Crippen LogP contribution in [0.25, 0.3) is 0 Å². The first-order valence-electron chi connectivity index (χ1n) is 5.68. The van der Waals surface area contributed by atoms with Crippen LogP contribution >= 0.6 is 15.9 Å². The predicted octanol–water partition coefficient (Wildman–Crippen LogP) is 2.89. The highest BCUT2D eigenvalue weighted by molar-refractivity contribution is 9.09. The smallest absolute Gasteiger partial charge is 0.00317 e. The van der Waals surface area contributed by atoms with E-state index < -0.39 is 0 Å². The molecule has 76 valence electrons. The summed E-state index contributed by atoms with van der Waals surface area (Å²) in [5.41, 5.74) is 0. The molecule has 0 bridgehead atoms. The molecule has 2 unspecified atom stereocenters. The Hall–Kier alpha value is 0.440. The Morgan fingerprint density at radius 3 is 2.38 bits per heavy atom. The highest BCUT2D eigenvalue weighted by Gasteiger charge is 2.35. The number of likely N-dealkylation sites (tertiary alicyclic amines) is 1. The number of nitrogens with zero attached hydrogens (tertiary/aromatic N) is 1. The molecule has 1 saturated carbocycles. The molecule has 2 rings (SSSR count). The maximum Gasteiger partial charge on any atom is 0.00317 e. The fraction of sp³-hybridized carbons (Fsp3) is 1.00. The van der Waals surface area contributed by atoms with Gasteiger partial charge in [-0.3, -0.25) is 0 Å². The number of halogens is 1. The Bertz CT molecular complexity index is 148. The van der Waals surface area contributed by atoms with Gasteiger partial charge in [-0.25, -0.2) is 0 Å². The number of rotatable bonds is 4. The number of hydrogen-bond donors (Lipinski definition) is 0. The Kier molecular flexibility index (Phi) is 3.67. The van der Waals surface area contributed by atoms with E-state index in [1.807, 2.05) is 0 Å². The van der Waals surface area contributed by atoms with Gasteiger partial charge in [-0.15, -0.1) is 0 Å². The molecule has 2 heteroatoms. The SMILES string of the molecule is BrCCCCN1CC2CCCC2C1. The van der Waals surface area contributed by atoms with Crippen LogP contribution in [0.3, 0.4) is 0 Å². The van der Waals surface area contributed by atoms with E-state index in [0.717, 1.165) is 11.8 Å². The van der Waals surface area contributed by atoms with Gasteiger partial charge in [0, 0.05) is 18.4 Å². The zero-order valence-electron chi connectivity index (χ0n) is 8.34. The van der Waals surface area contributed by atoms with Crippen LogP contribution in [0.1, 0.15) is 32.1 Å². The van der Waals surface area contributed by atoms with Crippen LogP contribution in [0.15, 0.2) is 0 Å². The summed E-state index contributed by atoms with van der Waals surface area (Å²) in [6, 6.07) is 0. The molecule has 1 aliphatic carbocycles. The monoisotopic (exact) mass is 245 g/mol. The van der Waals surface area contributed by atoms with Crippen molar-refractivity contribution in [1.29, 1.82) is 0 Å². The third-order valence-corrected chi connectivity index (χ3v) is 4.22. The highest BCUT2D eigenvalue weighted by Crippen LogP contribution is 2.37. The molecular weight excluding hydrogens is 226 g/mol. The molecule has 1 nitrogen and oxygen atoms in total. The lowest BCUT2D eigenvalue weighted by Gasteiger charge is -2.15.